The summed E-state index contributed by atoms with van der Waals surface area (Å²) in [6.07, 6.45) is 1.80. The Labute approximate surface area is 108 Å². The molecule has 0 aliphatic carbocycles. The van der Waals surface area contributed by atoms with Crippen LogP contribution in [-0.4, -0.2) is 30.4 Å². The number of nitrogens with two attached hydrogens (primary N) is 1. The van der Waals surface area contributed by atoms with E-state index >= 15 is 0 Å². The number of ether oxygens (including phenoxy) is 1. The minimum atomic E-state index is -0.128. The average molecular weight is 253 g/mol. The molecule has 102 valence electrons. The van der Waals surface area contributed by atoms with Gasteiger partial charge in [-0.1, -0.05) is 13.8 Å². The van der Waals surface area contributed by atoms with E-state index in [1.165, 1.54) is 0 Å². The van der Waals surface area contributed by atoms with E-state index in [2.05, 4.69) is 24.1 Å². The molecule has 5 nitrogen and oxygen atoms in total. The lowest BCUT2D eigenvalue weighted by Gasteiger charge is -2.30. The number of nitrogens with zero attached hydrogens (tertiary/aromatic N) is 1. The van der Waals surface area contributed by atoms with Crippen molar-refractivity contribution in [1.82, 2.24) is 4.98 Å². The molecule has 0 spiro atoms. The summed E-state index contributed by atoms with van der Waals surface area (Å²) in [5.41, 5.74) is 6.31. The number of anilines is 2. The van der Waals surface area contributed by atoms with Crippen molar-refractivity contribution in [3.8, 4) is 5.88 Å². The number of nitrogens with one attached hydrogen (secondary N) is 1. The topological polar surface area (TPSA) is 80.4 Å². The molecule has 5 heteroatoms. The zero-order valence-corrected chi connectivity index (χ0v) is 11.4. The van der Waals surface area contributed by atoms with Crippen LogP contribution in [-0.2, 0) is 0 Å². The van der Waals surface area contributed by atoms with Gasteiger partial charge in [-0.25, -0.2) is 0 Å². The van der Waals surface area contributed by atoms with E-state index in [-0.39, 0.29) is 12.0 Å². The summed E-state index contributed by atoms with van der Waals surface area (Å²) in [5, 5.41) is 12.7. The van der Waals surface area contributed by atoms with Crippen LogP contribution in [0, 0.1) is 5.41 Å². The standard InChI is InChI=1S/C13H23N3O2/c1-4-13(5-2,9-17)8-15-12-10(14)6-7-11(16-12)18-3/h6-7,17H,4-5,8-9,14H2,1-3H3,(H,15,16). The SMILES string of the molecule is CCC(CC)(CO)CNc1nc(OC)ccc1N. The van der Waals surface area contributed by atoms with Gasteiger partial charge in [-0.3, -0.25) is 0 Å². The predicted molar refractivity (Wildman–Crippen MR) is 73.8 cm³/mol. The largest absolute Gasteiger partial charge is 0.481 e. The quantitative estimate of drug-likeness (QED) is 0.691. The Bertz CT molecular complexity index is 370. The Morgan fingerprint density at radius 1 is 1.39 bits per heavy atom. The molecule has 1 aromatic rings. The fourth-order valence-electron chi connectivity index (χ4n) is 1.76. The maximum atomic E-state index is 9.51. The van der Waals surface area contributed by atoms with E-state index < -0.39 is 0 Å². The Balaban J connectivity index is 2.78. The van der Waals surface area contributed by atoms with Crippen molar-refractivity contribution in [3.63, 3.8) is 0 Å². The summed E-state index contributed by atoms with van der Waals surface area (Å²) in [6, 6.07) is 3.48. The van der Waals surface area contributed by atoms with E-state index in [9.17, 15) is 5.11 Å². The second-order valence-electron chi connectivity index (χ2n) is 4.51. The van der Waals surface area contributed by atoms with Crippen LogP contribution in [0.4, 0.5) is 11.5 Å². The van der Waals surface area contributed by atoms with Crippen molar-refractivity contribution < 1.29 is 9.84 Å². The molecule has 0 radical (unpaired) electrons. The molecule has 0 aliphatic rings. The highest BCUT2D eigenvalue weighted by Gasteiger charge is 2.25. The van der Waals surface area contributed by atoms with Crippen molar-refractivity contribution in [2.24, 2.45) is 5.41 Å². The first-order chi connectivity index (χ1) is 8.60. The highest BCUT2D eigenvalue weighted by molar-refractivity contribution is 5.62. The maximum absolute atomic E-state index is 9.51. The van der Waals surface area contributed by atoms with Gasteiger partial charge in [0.05, 0.1) is 19.4 Å². The molecule has 0 saturated carbocycles. The molecule has 0 aromatic carbocycles. The molecular weight excluding hydrogens is 230 g/mol. The van der Waals surface area contributed by atoms with E-state index in [0.717, 1.165) is 12.8 Å². The lowest BCUT2D eigenvalue weighted by molar-refractivity contribution is 0.127. The zero-order chi connectivity index (χ0) is 13.6. The van der Waals surface area contributed by atoms with Gasteiger partial charge in [0, 0.05) is 18.0 Å². The van der Waals surface area contributed by atoms with Crippen LogP contribution < -0.4 is 15.8 Å². The fraction of sp³-hybridized carbons (Fsp3) is 0.615. The molecule has 0 atom stereocenters. The molecule has 1 heterocycles. The third kappa shape index (κ3) is 3.26. The summed E-state index contributed by atoms with van der Waals surface area (Å²) in [6.45, 7) is 4.94. The minimum absolute atomic E-state index is 0.128. The van der Waals surface area contributed by atoms with Crippen molar-refractivity contribution >= 4 is 11.5 Å². The van der Waals surface area contributed by atoms with E-state index in [1.807, 2.05) is 0 Å². The molecule has 0 unspecified atom stereocenters. The first kappa shape index (κ1) is 14.6. The summed E-state index contributed by atoms with van der Waals surface area (Å²) < 4.78 is 5.06. The van der Waals surface area contributed by atoms with Crippen molar-refractivity contribution in [1.29, 1.82) is 0 Å². The summed E-state index contributed by atoms with van der Waals surface area (Å²) in [4.78, 5) is 4.26. The molecule has 0 fully saturated rings. The van der Waals surface area contributed by atoms with Gasteiger partial charge in [-0.15, -0.1) is 0 Å². The highest BCUT2D eigenvalue weighted by Crippen LogP contribution is 2.27. The van der Waals surface area contributed by atoms with Crippen LogP contribution in [0.25, 0.3) is 0 Å². The second-order valence-corrected chi connectivity index (χ2v) is 4.51. The molecule has 0 aliphatic heterocycles. The van der Waals surface area contributed by atoms with Crippen LogP contribution >= 0.6 is 0 Å². The molecule has 1 rings (SSSR count). The number of pyridine rings is 1. The van der Waals surface area contributed by atoms with Crippen molar-refractivity contribution in [3.05, 3.63) is 12.1 Å². The van der Waals surface area contributed by atoms with Gasteiger partial charge in [0.2, 0.25) is 5.88 Å². The fourth-order valence-corrected chi connectivity index (χ4v) is 1.76. The first-order valence-corrected chi connectivity index (χ1v) is 6.26. The van der Waals surface area contributed by atoms with Crippen LogP contribution in [0.1, 0.15) is 26.7 Å². The first-order valence-electron chi connectivity index (χ1n) is 6.26. The lowest BCUT2D eigenvalue weighted by atomic mass is 9.83. The highest BCUT2D eigenvalue weighted by atomic mass is 16.5. The summed E-state index contributed by atoms with van der Waals surface area (Å²) in [7, 11) is 1.57. The number of aliphatic hydroxyl groups excluding tert-OH is 1. The van der Waals surface area contributed by atoms with Crippen molar-refractivity contribution in [2.45, 2.75) is 26.7 Å². The lowest BCUT2D eigenvalue weighted by Crippen LogP contribution is -2.32. The summed E-state index contributed by atoms with van der Waals surface area (Å²) >= 11 is 0. The molecule has 0 amide bonds. The van der Waals surface area contributed by atoms with E-state index in [0.29, 0.717) is 23.9 Å². The Hall–Kier alpha value is -1.49. The molecule has 1 aromatic heterocycles. The van der Waals surface area contributed by atoms with Gasteiger partial charge < -0.3 is 20.9 Å². The van der Waals surface area contributed by atoms with Crippen LogP contribution in [0.3, 0.4) is 0 Å². The third-order valence-electron chi connectivity index (χ3n) is 3.58. The Morgan fingerprint density at radius 3 is 2.56 bits per heavy atom. The Kier molecular flexibility index (Phi) is 5.22. The van der Waals surface area contributed by atoms with Gasteiger partial charge >= 0.3 is 0 Å². The van der Waals surface area contributed by atoms with Crippen LogP contribution in [0.5, 0.6) is 5.88 Å². The smallest absolute Gasteiger partial charge is 0.215 e. The minimum Gasteiger partial charge on any atom is -0.481 e. The number of rotatable bonds is 7. The van der Waals surface area contributed by atoms with Gasteiger partial charge in [0.15, 0.2) is 5.82 Å². The number of hydrogen-bond donors (Lipinski definition) is 3. The van der Waals surface area contributed by atoms with Crippen molar-refractivity contribution in [2.75, 3.05) is 31.3 Å². The zero-order valence-electron chi connectivity index (χ0n) is 11.4. The van der Waals surface area contributed by atoms with Crippen LogP contribution in [0.2, 0.25) is 0 Å². The monoisotopic (exact) mass is 253 g/mol. The normalized spacial score (nSPS) is 11.3. The number of nitrogen functional groups attached to an aromatic ring is 1. The molecule has 18 heavy (non-hydrogen) atoms. The van der Waals surface area contributed by atoms with E-state index in [1.54, 1.807) is 19.2 Å². The van der Waals surface area contributed by atoms with E-state index in [4.69, 9.17) is 10.5 Å². The summed E-state index contributed by atoms with van der Waals surface area (Å²) in [5.74, 6) is 1.13. The molecule has 0 saturated heterocycles. The maximum Gasteiger partial charge on any atom is 0.215 e. The van der Waals surface area contributed by atoms with Gasteiger partial charge in [0.1, 0.15) is 0 Å². The van der Waals surface area contributed by atoms with Crippen LogP contribution in [0.15, 0.2) is 12.1 Å². The predicted octanol–water partition coefficient (Wildman–Crippen LogP) is 1.88. The second kappa shape index (κ2) is 6.44. The molecule has 4 N–H and O–H groups in total. The third-order valence-corrected chi connectivity index (χ3v) is 3.58. The number of aromatic nitrogens is 1. The Morgan fingerprint density at radius 2 is 2.06 bits per heavy atom. The number of aliphatic hydroxyl groups is 1. The molecule has 0 bridgehead atoms. The molecular formula is C13H23N3O2. The van der Waals surface area contributed by atoms with Gasteiger partial charge in [-0.05, 0) is 18.9 Å². The number of hydrogen-bond acceptors (Lipinski definition) is 5. The average Bonchev–Trinajstić information content (AvgIpc) is 2.42. The number of methoxy groups -OCH3 is 1. The van der Waals surface area contributed by atoms with Gasteiger partial charge in [0.25, 0.3) is 0 Å². The van der Waals surface area contributed by atoms with Gasteiger partial charge in [-0.2, -0.15) is 4.98 Å².